The van der Waals surface area contributed by atoms with Crippen molar-refractivity contribution in [2.45, 2.75) is 25.0 Å². The maximum atomic E-state index is 11.3. The molecular weight excluding hydrogens is 170 g/mol. The van der Waals surface area contributed by atoms with Gasteiger partial charge in [0.05, 0.1) is 12.2 Å². The van der Waals surface area contributed by atoms with Crippen LogP contribution in [0.2, 0.25) is 0 Å². The van der Waals surface area contributed by atoms with Crippen molar-refractivity contribution in [3.63, 3.8) is 0 Å². The van der Waals surface area contributed by atoms with E-state index in [1.165, 1.54) is 0 Å². The van der Waals surface area contributed by atoms with Crippen LogP contribution in [0.5, 0.6) is 0 Å². The van der Waals surface area contributed by atoms with Crippen LogP contribution in [0, 0.1) is 11.8 Å². The molecule has 0 spiro atoms. The van der Waals surface area contributed by atoms with Crippen molar-refractivity contribution in [2.75, 3.05) is 13.6 Å². The summed E-state index contributed by atoms with van der Waals surface area (Å²) < 4.78 is 0. The highest BCUT2D eigenvalue weighted by molar-refractivity contribution is 5.77. The molecule has 0 aromatic rings. The van der Waals surface area contributed by atoms with E-state index in [0.29, 0.717) is 19.4 Å². The van der Waals surface area contributed by atoms with Crippen LogP contribution in [0.3, 0.4) is 0 Å². The molecule has 1 aliphatic carbocycles. The third kappa shape index (κ3) is 1.34. The number of aliphatic hydroxyl groups excluding tert-OH is 2. The first-order chi connectivity index (χ1) is 6.09. The third-order valence-electron chi connectivity index (χ3n) is 3.34. The number of likely N-dealkylation sites (tertiary alicyclic amines) is 1. The molecule has 2 N–H and O–H groups in total. The molecule has 4 heteroatoms. The van der Waals surface area contributed by atoms with Crippen molar-refractivity contribution in [3.8, 4) is 0 Å². The minimum Gasteiger partial charge on any atom is -0.393 e. The first kappa shape index (κ1) is 8.97. The molecule has 1 amide bonds. The molecule has 0 aromatic carbocycles. The zero-order chi connectivity index (χ0) is 9.59. The van der Waals surface area contributed by atoms with Crippen LogP contribution in [0.4, 0.5) is 0 Å². The Morgan fingerprint density at radius 1 is 1.31 bits per heavy atom. The summed E-state index contributed by atoms with van der Waals surface area (Å²) in [7, 11) is 1.75. The molecule has 13 heavy (non-hydrogen) atoms. The molecule has 4 atom stereocenters. The van der Waals surface area contributed by atoms with Crippen molar-refractivity contribution in [3.05, 3.63) is 0 Å². The summed E-state index contributed by atoms with van der Waals surface area (Å²) in [6, 6.07) is 0. The number of hydrogen-bond donors (Lipinski definition) is 2. The average molecular weight is 185 g/mol. The molecular formula is C9H15NO3. The maximum absolute atomic E-state index is 11.3. The van der Waals surface area contributed by atoms with E-state index in [9.17, 15) is 15.0 Å². The average Bonchev–Trinajstić information content (AvgIpc) is 2.31. The largest absolute Gasteiger partial charge is 0.393 e. The van der Waals surface area contributed by atoms with E-state index in [1.54, 1.807) is 11.9 Å². The number of rotatable bonds is 0. The van der Waals surface area contributed by atoms with Crippen LogP contribution in [0.1, 0.15) is 12.8 Å². The predicted octanol–water partition coefficient (Wildman–Crippen LogP) is -0.794. The van der Waals surface area contributed by atoms with Gasteiger partial charge in [-0.15, -0.1) is 0 Å². The van der Waals surface area contributed by atoms with Crippen molar-refractivity contribution in [1.29, 1.82) is 0 Å². The number of hydrogen-bond acceptors (Lipinski definition) is 3. The van der Waals surface area contributed by atoms with E-state index in [4.69, 9.17) is 0 Å². The Balaban J connectivity index is 2.14. The summed E-state index contributed by atoms with van der Waals surface area (Å²) in [4.78, 5) is 13.0. The third-order valence-corrected chi connectivity index (χ3v) is 3.34. The summed E-state index contributed by atoms with van der Waals surface area (Å²) in [5.41, 5.74) is 0. The Labute approximate surface area is 77.2 Å². The lowest BCUT2D eigenvalue weighted by Gasteiger charge is -2.34. The number of fused-ring (bicyclic) bond motifs is 1. The standard InChI is InChI=1S/C9H15NO3/c1-10-4-6-5(2-9(10)13)7(11)3-8(6)12/h5-8,11-12H,2-4H2,1H3/t5-,6+,7+,8-/m1/s1. The molecule has 2 fully saturated rings. The van der Waals surface area contributed by atoms with Gasteiger partial charge in [-0.2, -0.15) is 0 Å². The van der Waals surface area contributed by atoms with Gasteiger partial charge in [-0.05, 0) is 6.42 Å². The quantitative estimate of drug-likeness (QED) is 0.520. The van der Waals surface area contributed by atoms with Crippen LogP contribution in [-0.2, 0) is 4.79 Å². The summed E-state index contributed by atoms with van der Waals surface area (Å²) in [5, 5.41) is 19.2. The molecule has 0 radical (unpaired) electrons. The van der Waals surface area contributed by atoms with Gasteiger partial charge in [0.15, 0.2) is 0 Å². The number of piperidine rings is 1. The van der Waals surface area contributed by atoms with Gasteiger partial charge < -0.3 is 15.1 Å². The second kappa shape index (κ2) is 2.96. The molecule has 1 saturated heterocycles. The van der Waals surface area contributed by atoms with Crippen molar-refractivity contribution < 1.29 is 15.0 Å². The van der Waals surface area contributed by atoms with Crippen molar-refractivity contribution >= 4 is 5.91 Å². The van der Waals surface area contributed by atoms with Crippen LogP contribution >= 0.6 is 0 Å². The predicted molar refractivity (Wildman–Crippen MR) is 45.9 cm³/mol. The Morgan fingerprint density at radius 2 is 1.92 bits per heavy atom. The van der Waals surface area contributed by atoms with Gasteiger partial charge in [-0.1, -0.05) is 0 Å². The van der Waals surface area contributed by atoms with Gasteiger partial charge in [-0.25, -0.2) is 0 Å². The van der Waals surface area contributed by atoms with Gasteiger partial charge in [0.25, 0.3) is 0 Å². The van der Waals surface area contributed by atoms with Crippen molar-refractivity contribution in [2.24, 2.45) is 11.8 Å². The van der Waals surface area contributed by atoms with Gasteiger partial charge in [0.1, 0.15) is 0 Å². The lowest BCUT2D eigenvalue weighted by Crippen LogP contribution is -2.44. The smallest absolute Gasteiger partial charge is 0.222 e. The fraction of sp³-hybridized carbons (Fsp3) is 0.889. The minimum atomic E-state index is -0.488. The van der Waals surface area contributed by atoms with E-state index in [2.05, 4.69) is 0 Å². The van der Waals surface area contributed by atoms with Gasteiger partial charge in [0, 0.05) is 31.8 Å². The number of amides is 1. The highest BCUT2D eigenvalue weighted by atomic mass is 16.3. The highest BCUT2D eigenvalue weighted by Gasteiger charge is 2.46. The van der Waals surface area contributed by atoms with Crippen LogP contribution in [0.15, 0.2) is 0 Å². The highest BCUT2D eigenvalue weighted by Crippen LogP contribution is 2.38. The van der Waals surface area contributed by atoms with Crippen LogP contribution < -0.4 is 0 Å². The topological polar surface area (TPSA) is 60.8 Å². The summed E-state index contributed by atoms with van der Waals surface area (Å²) >= 11 is 0. The molecule has 0 unspecified atom stereocenters. The van der Waals surface area contributed by atoms with E-state index in [-0.39, 0.29) is 17.7 Å². The molecule has 0 bridgehead atoms. The summed E-state index contributed by atoms with van der Waals surface area (Å²) in [6.45, 7) is 0.585. The normalized spacial score (nSPS) is 45.2. The Kier molecular flexibility index (Phi) is 2.04. The van der Waals surface area contributed by atoms with Crippen LogP contribution in [0.25, 0.3) is 0 Å². The second-order valence-electron chi connectivity index (χ2n) is 4.18. The Hall–Kier alpha value is -0.610. The molecule has 1 heterocycles. The molecule has 1 saturated carbocycles. The zero-order valence-corrected chi connectivity index (χ0v) is 7.68. The first-order valence-corrected chi connectivity index (χ1v) is 4.69. The first-order valence-electron chi connectivity index (χ1n) is 4.69. The molecule has 4 nitrogen and oxygen atoms in total. The van der Waals surface area contributed by atoms with Crippen molar-refractivity contribution in [1.82, 2.24) is 4.90 Å². The number of carbonyl (C=O) groups excluding carboxylic acids is 1. The number of carbonyl (C=O) groups is 1. The SMILES string of the molecule is CN1C[C@H]2[C@@H](CC1=O)[C@@H](O)C[C@H]2O. The van der Waals surface area contributed by atoms with E-state index in [0.717, 1.165) is 0 Å². The molecule has 1 aliphatic heterocycles. The van der Waals surface area contributed by atoms with E-state index < -0.39 is 12.2 Å². The van der Waals surface area contributed by atoms with Gasteiger partial charge >= 0.3 is 0 Å². The fourth-order valence-electron chi connectivity index (χ4n) is 2.49. The van der Waals surface area contributed by atoms with Crippen LogP contribution in [-0.4, -0.2) is 46.8 Å². The van der Waals surface area contributed by atoms with Gasteiger partial charge in [0.2, 0.25) is 5.91 Å². The minimum absolute atomic E-state index is 0.0151. The Morgan fingerprint density at radius 3 is 2.62 bits per heavy atom. The number of aliphatic hydroxyl groups is 2. The van der Waals surface area contributed by atoms with Gasteiger partial charge in [-0.3, -0.25) is 4.79 Å². The maximum Gasteiger partial charge on any atom is 0.222 e. The van der Waals surface area contributed by atoms with E-state index >= 15 is 0 Å². The summed E-state index contributed by atoms with van der Waals surface area (Å²) in [5.74, 6) is 0.144. The lowest BCUT2D eigenvalue weighted by molar-refractivity contribution is -0.137. The summed E-state index contributed by atoms with van der Waals surface area (Å²) in [6.07, 6.45) is -0.108. The molecule has 0 aromatic heterocycles. The molecule has 2 aliphatic rings. The fourth-order valence-corrected chi connectivity index (χ4v) is 2.49. The monoisotopic (exact) mass is 185 g/mol. The Bertz CT molecular complexity index is 231. The second-order valence-corrected chi connectivity index (χ2v) is 4.18. The molecule has 2 rings (SSSR count). The van der Waals surface area contributed by atoms with E-state index in [1.807, 2.05) is 0 Å². The zero-order valence-electron chi connectivity index (χ0n) is 7.68. The molecule has 74 valence electrons. The lowest BCUT2D eigenvalue weighted by atomic mass is 9.86. The number of nitrogens with zero attached hydrogens (tertiary/aromatic N) is 1.